The highest BCUT2D eigenvalue weighted by Gasteiger charge is 2.29. The van der Waals surface area contributed by atoms with Crippen molar-refractivity contribution in [1.29, 1.82) is 0 Å². The predicted molar refractivity (Wildman–Crippen MR) is 153 cm³/mol. The summed E-state index contributed by atoms with van der Waals surface area (Å²) >= 11 is 0. The first-order chi connectivity index (χ1) is 19.4. The van der Waals surface area contributed by atoms with E-state index in [1.807, 2.05) is 48.2 Å². The molecule has 4 rings (SSSR count). The molecule has 40 heavy (non-hydrogen) atoms. The Balaban J connectivity index is 1.49. The molecule has 0 unspecified atom stereocenters. The summed E-state index contributed by atoms with van der Waals surface area (Å²) in [5, 5.41) is 5.65. The molecule has 0 saturated carbocycles. The molecule has 9 heteroatoms. The van der Waals surface area contributed by atoms with Gasteiger partial charge in [0.2, 0.25) is 11.8 Å². The lowest BCUT2D eigenvalue weighted by atomic mass is 9.94. The molecule has 8 nitrogen and oxygen atoms in total. The fourth-order valence-corrected chi connectivity index (χ4v) is 4.91. The second-order valence-corrected chi connectivity index (χ2v) is 9.71. The van der Waals surface area contributed by atoms with Gasteiger partial charge in [-0.2, -0.15) is 0 Å². The molecular formula is C31H35FN4O4. The minimum atomic E-state index is -0.344. The zero-order valence-corrected chi connectivity index (χ0v) is 22.9. The van der Waals surface area contributed by atoms with E-state index in [4.69, 9.17) is 4.74 Å². The van der Waals surface area contributed by atoms with Gasteiger partial charge in [0.15, 0.2) is 0 Å². The van der Waals surface area contributed by atoms with Crippen LogP contribution in [0.25, 0.3) is 0 Å². The summed E-state index contributed by atoms with van der Waals surface area (Å²) in [6.07, 6.45) is 0.720. The summed E-state index contributed by atoms with van der Waals surface area (Å²) in [5.41, 5.74) is 3.36. The fourth-order valence-electron chi connectivity index (χ4n) is 4.91. The van der Waals surface area contributed by atoms with E-state index < -0.39 is 0 Å². The van der Waals surface area contributed by atoms with E-state index in [9.17, 15) is 18.8 Å². The summed E-state index contributed by atoms with van der Waals surface area (Å²) in [5.74, 6) is -1.07. The molecule has 0 spiro atoms. The lowest BCUT2D eigenvalue weighted by molar-refractivity contribution is -0.133. The van der Waals surface area contributed by atoms with Gasteiger partial charge in [-0.1, -0.05) is 49.4 Å². The van der Waals surface area contributed by atoms with Crippen molar-refractivity contribution in [2.75, 3.05) is 50.1 Å². The van der Waals surface area contributed by atoms with E-state index in [1.54, 1.807) is 24.3 Å². The van der Waals surface area contributed by atoms with Crippen LogP contribution in [0.3, 0.4) is 0 Å². The van der Waals surface area contributed by atoms with E-state index in [1.165, 1.54) is 19.2 Å². The number of amides is 3. The first kappa shape index (κ1) is 28.8. The van der Waals surface area contributed by atoms with E-state index in [0.717, 1.165) is 17.5 Å². The molecule has 1 aliphatic heterocycles. The molecule has 2 N–H and O–H groups in total. The van der Waals surface area contributed by atoms with Gasteiger partial charge in [-0.3, -0.25) is 14.4 Å². The normalized spacial score (nSPS) is 14.0. The monoisotopic (exact) mass is 546 g/mol. The Hall–Kier alpha value is -4.24. The maximum Gasteiger partial charge on any atom is 0.253 e. The van der Waals surface area contributed by atoms with Gasteiger partial charge in [0.25, 0.3) is 5.91 Å². The zero-order valence-electron chi connectivity index (χ0n) is 22.9. The third-order valence-corrected chi connectivity index (χ3v) is 7.01. The molecule has 3 aromatic carbocycles. The number of methoxy groups -OCH3 is 1. The number of ether oxygens (including phenoxy) is 1. The number of nitrogens with one attached hydrogen (secondary N) is 2. The zero-order chi connectivity index (χ0) is 28.5. The summed E-state index contributed by atoms with van der Waals surface area (Å²) in [6, 6.07) is 21.0. The van der Waals surface area contributed by atoms with Crippen LogP contribution in [-0.2, 0) is 20.9 Å². The average Bonchev–Trinajstić information content (AvgIpc) is 2.98. The number of nitrogens with zero attached hydrogens (tertiary/aromatic N) is 2. The van der Waals surface area contributed by atoms with Gasteiger partial charge in [0, 0.05) is 51.2 Å². The van der Waals surface area contributed by atoms with Crippen LogP contribution in [-0.4, -0.2) is 62.5 Å². The van der Waals surface area contributed by atoms with Crippen LogP contribution in [0.4, 0.5) is 15.8 Å². The number of rotatable bonds is 10. The number of anilines is 2. The Bertz CT molecular complexity index is 1310. The molecule has 1 heterocycles. The highest BCUT2D eigenvalue weighted by molar-refractivity contribution is 6.02. The smallest absolute Gasteiger partial charge is 0.253 e. The van der Waals surface area contributed by atoms with Crippen molar-refractivity contribution in [2.24, 2.45) is 0 Å². The lowest BCUT2D eigenvalue weighted by Crippen LogP contribution is -2.50. The number of carbonyl (C=O) groups excluding carboxylic acids is 3. The third kappa shape index (κ3) is 7.24. The van der Waals surface area contributed by atoms with Crippen LogP contribution in [0.1, 0.15) is 40.7 Å². The van der Waals surface area contributed by atoms with Crippen molar-refractivity contribution >= 4 is 29.1 Å². The topological polar surface area (TPSA) is 91.0 Å². The molecule has 1 aliphatic rings. The van der Waals surface area contributed by atoms with Gasteiger partial charge in [0.05, 0.1) is 11.5 Å². The van der Waals surface area contributed by atoms with Gasteiger partial charge in [-0.05, 0) is 47.9 Å². The van der Waals surface area contributed by atoms with Crippen LogP contribution < -0.4 is 15.5 Å². The Morgan fingerprint density at radius 3 is 2.30 bits per heavy atom. The summed E-state index contributed by atoms with van der Waals surface area (Å²) in [7, 11) is 1.43. The molecule has 0 aliphatic carbocycles. The van der Waals surface area contributed by atoms with Crippen molar-refractivity contribution in [2.45, 2.75) is 25.8 Å². The number of carbonyl (C=O) groups is 3. The minimum Gasteiger partial charge on any atom is -0.375 e. The number of hydrogen-bond donors (Lipinski definition) is 2. The standard InChI is InChI=1S/C31H35FN4O4/c1-3-26(23-7-5-4-6-8-23)31(39)36-17-15-35(16-18-36)28-14-13-25(34-29(37)21-40-2)19-27(28)30(38)33-20-22-9-11-24(32)12-10-22/h4-14,19,26H,3,15-18,20-21H2,1-2H3,(H,33,38)(H,34,37)/t26-/m1/s1. The minimum absolute atomic E-state index is 0.106. The number of benzene rings is 3. The maximum atomic E-state index is 13.4. The van der Waals surface area contributed by atoms with Crippen LogP contribution in [0.2, 0.25) is 0 Å². The van der Waals surface area contributed by atoms with Crippen LogP contribution in [0, 0.1) is 5.82 Å². The first-order valence-corrected chi connectivity index (χ1v) is 13.4. The second-order valence-electron chi connectivity index (χ2n) is 9.71. The summed E-state index contributed by atoms with van der Waals surface area (Å²) in [6.45, 7) is 4.33. The molecule has 210 valence electrons. The summed E-state index contributed by atoms with van der Waals surface area (Å²) < 4.78 is 18.2. The van der Waals surface area contributed by atoms with E-state index in [2.05, 4.69) is 15.5 Å². The maximum absolute atomic E-state index is 13.4. The lowest BCUT2D eigenvalue weighted by Gasteiger charge is -2.38. The van der Waals surface area contributed by atoms with E-state index in [-0.39, 0.29) is 42.6 Å². The van der Waals surface area contributed by atoms with Gasteiger partial charge in [-0.15, -0.1) is 0 Å². The highest BCUT2D eigenvalue weighted by atomic mass is 19.1. The van der Waals surface area contributed by atoms with E-state index in [0.29, 0.717) is 43.1 Å². The SMILES string of the molecule is CC[C@@H](C(=O)N1CCN(c2ccc(NC(=O)COC)cc2C(=O)NCc2ccc(F)cc2)CC1)c1ccccc1. The van der Waals surface area contributed by atoms with Crippen molar-refractivity contribution in [3.05, 3.63) is 95.3 Å². The van der Waals surface area contributed by atoms with Crippen LogP contribution in [0.5, 0.6) is 0 Å². The third-order valence-electron chi connectivity index (χ3n) is 7.01. The molecule has 0 bridgehead atoms. The van der Waals surface area contributed by atoms with Crippen molar-refractivity contribution in [3.63, 3.8) is 0 Å². The van der Waals surface area contributed by atoms with Gasteiger partial charge in [0.1, 0.15) is 12.4 Å². The second kappa shape index (κ2) is 13.7. The molecule has 1 fully saturated rings. The molecule has 0 aromatic heterocycles. The summed E-state index contributed by atoms with van der Waals surface area (Å²) in [4.78, 5) is 42.8. The molecular weight excluding hydrogens is 511 g/mol. The number of piperazine rings is 1. The highest BCUT2D eigenvalue weighted by Crippen LogP contribution is 2.28. The Morgan fingerprint density at radius 1 is 0.950 bits per heavy atom. The fraction of sp³-hybridized carbons (Fsp3) is 0.323. The largest absolute Gasteiger partial charge is 0.375 e. The Morgan fingerprint density at radius 2 is 1.65 bits per heavy atom. The number of halogens is 1. The number of hydrogen-bond acceptors (Lipinski definition) is 5. The van der Waals surface area contributed by atoms with Gasteiger partial charge >= 0.3 is 0 Å². The predicted octanol–water partition coefficient (Wildman–Crippen LogP) is 4.18. The van der Waals surface area contributed by atoms with Crippen molar-refractivity contribution in [3.8, 4) is 0 Å². The molecule has 1 atom stereocenters. The quantitative estimate of drug-likeness (QED) is 0.398. The van der Waals surface area contributed by atoms with E-state index >= 15 is 0 Å². The van der Waals surface area contributed by atoms with Crippen LogP contribution >= 0.6 is 0 Å². The van der Waals surface area contributed by atoms with Crippen LogP contribution in [0.15, 0.2) is 72.8 Å². The van der Waals surface area contributed by atoms with Crippen molar-refractivity contribution < 1.29 is 23.5 Å². The molecule has 0 radical (unpaired) electrons. The Labute approximate surface area is 234 Å². The average molecular weight is 547 g/mol. The van der Waals surface area contributed by atoms with Crippen molar-refractivity contribution in [1.82, 2.24) is 10.2 Å². The van der Waals surface area contributed by atoms with Gasteiger partial charge < -0.3 is 25.2 Å². The molecule has 3 aromatic rings. The van der Waals surface area contributed by atoms with Gasteiger partial charge in [-0.25, -0.2) is 4.39 Å². The first-order valence-electron chi connectivity index (χ1n) is 13.4. The molecule has 3 amide bonds. The molecule has 1 saturated heterocycles. The Kier molecular flexibility index (Phi) is 9.86.